The van der Waals surface area contributed by atoms with Crippen LogP contribution >= 0.6 is 11.8 Å². The molecule has 1 aliphatic carbocycles. The Morgan fingerprint density at radius 3 is 2.84 bits per heavy atom. The van der Waals surface area contributed by atoms with Crippen LogP contribution in [0.2, 0.25) is 0 Å². The number of aromatic nitrogens is 3. The van der Waals surface area contributed by atoms with Crippen molar-refractivity contribution in [3.8, 4) is 6.07 Å². The third-order valence-corrected chi connectivity index (χ3v) is 4.25. The molecule has 0 spiro atoms. The summed E-state index contributed by atoms with van der Waals surface area (Å²) in [4.78, 5) is 11.9. The van der Waals surface area contributed by atoms with Crippen LogP contribution in [-0.4, -0.2) is 32.0 Å². The predicted octanol–water partition coefficient (Wildman–Crippen LogP) is 0.298. The zero-order valence-electron chi connectivity index (χ0n) is 10.9. The second kappa shape index (κ2) is 5.09. The molecule has 3 N–H and O–H groups in total. The van der Waals surface area contributed by atoms with Crippen LogP contribution in [0.3, 0.4) is 0 Å². The fraction of sp³-hybridized carbons (Fsp3) is 0.636. The highest BCUT2D eigenvalue weighted by Crippen LogP contribution is 2.39. The van der Waals surface area contributed by atoms with E-state index in [0.29, 0.717) is 11.1 Å². The highest BCUT2D eigenvalue weighted by molar-refractivity contribution is 7.99. The lowest BCUT2D eigenvalue weighted by Gasteiger charge is -2.22. The number of nitrogens with one attached hydrogen (secondary N) is 1. The molecule has 1 amide bonds. The molecule has 1 aromatic heterocycles. The van der Waals surface area contributed by atoms with Gasteiger partial charge in [0.1, 0.15) is 5.54 Å². The number of nitrogen functional groups attached to an aromatic ring is 1. The maximum Gasteiger partial charge on any atom is 0.231 e. The molecule has 0 aromatic carbocycles. The zero-order chi connectivity index (χ0) is 14.0. The minimum atomic E-state index is -0.753. The molecular formula is C11H16N6OS. The van der Waals surface area contributed by atoms with Crippen molar-refractivity contribution in [2.45, 2.75) is 30.5 Å². The molecule has 0 aliphatic heterocycles. The average molecular weight is 280 g/mol. The first-order valence-electron chi connectivity index (χ1n) is 5.96. The van der Waals surface area contributed by atoms with Gasteiger partial charge in [-0.2, -0.15) is 5.26 Å². The first-order chi connectivity index (χ1) is 8.96. The first-order valence-corrected chi connectivity index (χ1v) is 6.95. The van der Waals surface area contributed by atoms with E-state index in [1.807, 2.05) is 0 Å². The molecule has 0 saturated heterocycles. The van der Waals surface area contributed by atoms with Gasteiger partial charge in [0.05, 0.1) is 11.8 Å². The van der Waals surface area contributed by atoms with Crippen LogP contribution in [0.5, 0.6) is 0 Å². The molecule has 102 valence electrons. The highest BCUT2D eigenvalue weighted by atomic mass is 32.2. The molecule has 8 heteroatoms. The van der Waals surface area contributed by atoms with Gasteiger partial charge in [0.25, 0.3) is 0 Å². The van der Waals surface area contributed by atoms with Gasteiger partial charge < -0.3 is 11.1 Å². The van der Waals surface area contributed by atoms with E-state index in [4.69, 9.17) is 11.0 Å². The summed E-state index contributed by atoms with van der Waals surface area (Å²) in [5.74, 6) is 0.595. The number of rotatable bonds is 5. The number of carbonyl (C=O) groups is 1. The maximum atomic E-state index is 11.9. The number of amides is 1. The van der Waals surface area contributed by atoms with Crippen molar-refractivity contribution in [2.75, 3.05) is 11.5 Å². The van der Waals surface area contributed by atoms with E-state index in [1.54, 1.807) is 18.5 Å². The monoisotopic (exact) mass is 280 g/mol. The van der Waals surface area contributed by atoms with Crippen LogP contribution in [0.4, 0.5) is 5.95 Å². The van der Waals surface area contributed by atoms with Gasteiger partial charge in [-0.3, -0.25) is 9.36 Å². The Morgan fingerprint density at radius 2 is 2.37 bits per heavy atom. The third kappa shape index (κ3) is 2.98. The van der Waals surface area contributed by atoms with Gasteiger partial charge in [-0.15, -0.1) is 10.2 Å². The predicted molar refractivity (Wildman–Crippen MR) is 71.0 cm³/mol. The van der Waals surface area contributed by atoms with E-state index in [1.165, 1.54) is 11.8 Å². The first kappa shape index (κ1) is 13.7. The van der Waals surface area contributed by atoms with Crippen molar-refractivity contribution < 1.29 is 4.79 Å². The Labute approximate surface area is 115 Å². The van der Waals surface area contributed by atoms with Gasteiger partial charge in [0, 0.05) is 7.05 Å². The number of nitrogens with two attached hydrogens (primary N) is 1. The number of nitrogens with zero attached hydrogens (tertiary/aromatic N) is 4. The molecule has 7 nitrogen and oxygen atoms in total. The number of carbonyl (C=O) groups excluding carboxylic acids is 1. The number of anilines is 1. The average Bonchev–Trinajstić information content (AvgIpc) is 3.18. The summed E-state index contributed by atoms with van der Waals surface area (Å²) in [6.07, 6.45) is 1.99. The summed E-state index contributed by atoms with van der Waals surface area (Å²) in [6, 6.07) is 2.19. The minimum absolute atomic E-state index is 0.178. The molecule has 1 heterocycles. The second-order valence-electron chi connectivity index (χ2n) is 4.83. The topological polar surface area (TPSA) is 110 Å². The molecule has 1 atom stereocenters. The highest BCUT2D eigenvalue weighted by Gasteiger charge is 2.42. The Bertz CT molecular complexity index is 532. The summed E-state index contributed by atoms with van der Waals surface area (Å²) in [5, 5.41) is 20.1. The van der Waals surface area contributed by atoms with E-state index in [0.717, 1.165) is 12.8 Å². The minimum Gasteiger partial charge on any atom is -0.368 e. The lowest BCUT2D eigenvalue weighted by molar-refractivity contribution is -0.119. The molecule has 0 radical (unpaired) electrons. The van der Waals surface area contributed by atoms with Gasteiger partial charge in [0.15, 0.2) is 5.16 Å². The van der Waals surface area contributed by atoms with Gasteiger partial charge in [0.2, 0.25) is 11.9 Å². The Hall–Kier alpha value is -1.75. The lowest BCUT2D eigenvalue weighted by Crippen LogP contribution is -2.47. The molecular weight excluding hydrogens is 264 g/mol. The van der Waals surface area contributed by atoms with Crippen molar-refractivity contribution in [3.05, 3.63) is 0 Å². The van der Waals surface area contributed by atoms with Crippen LogP contribution in [0.25, 0.3) is 0 Å². The molecule has 1 saturated carbocycles. The summed E-state index contributed by atoms with van der Waals surface area (Å²) < 4.78 is 1.61. The van der Waals surface area contributed by atoms with Gasteiger partial charge in [-0.1, -0.05) is 11.8 Å². The summed E-state index contributed by atoms with van der Waals surface area (Å²) in [6.45, 7) is 1.77. The Balaban J connectivity index is 1.88. The van der Waals surface area contributed by atoms with Gasteiger partial charge >= 0.3 is 0 Å². The van der Waals surface area contributed by atoms with Crippen LogP contribution in [0.15, 0.2) is 5.16 Å². The Morgan fingerprint density at radius 1 is 1.68 bits per heavy atom. The summed E-state index contributed by atoms with van der Waals surface area (Å²) in [5.41, 5.74) is 4.80. The van der Waals surface area contributed by atoms with Gasteiger partial charge in [-0.05, 0) is 25.7 Å². The molecule has 19 heavy (non-hydrogen) atoms. The van der Waals surface area contributed by atoms with Crippen molar-refractivity contribution in [1.82, 2.24) is 20.1 Å². The fourth-order valence-electron chi connectivity index (χ4n) is 1.79. The van der Waals surface area contributed by atoms with Crippen molar-refractivity contribution in [1.29, 1.82) is 5.26 Å². The second-order valence-corrected chi connectivity index (χ2v) is 5.77. The summed E-state index contributed by atoms with van der Waals surface area (Å²) in [7, 11) is 1.74. The van der Waals surface area contributed by atoms with Crippen molar-refractivity contribution in [2.24, 2.45) is 13.0 Å². The van der Waals surface area contributed by atoms with Crippen LogP contribution in [0.1, 0.15) is 19.8 Å². The zero-order valence-corrected chi connectivity index (χ0v) is 11.7. The number of hydrogen-bond donors (Lipinski definition) is 2. The van der Waals surface area contributed by atoms with Crippen LogP contribution in [0, 0.1) is 17.2 Å². The number of thioether (sulfide) groups is 1. The standard InChI is InChI=1S/C11H16N6OS/c1-11(6-12,7-3-4-7)14-8(18)5-19-10-16-15-9(13)17(10)2/h7H,3-5H2,1-2H3,(H2,13,15)(H,14,18). The molecule has 1 aliphatic rings. The van der Waals surface area contributed by atoms with E-state index in [9.17, 15) is 4.79 Å². The fourth-order valence-corrected chi connectivity index (χ4v) is 2.51. The molecule has 1 unspecified atom stereocenters. The van der Waals surface area contributed by atoms with Crippen LogP contribution in [-0.2, 0) is 11.8 Å². The smallest absolute Gasteiger partial charge is 0.231 e. The SMILES string of the molecule is Cn1c(N)nnc1SCC(=O)NC(C)(C#N)C1CC1. The Kier molecular flexibility index (Phi) is 3.66. The molecule has 0 bridgehead atoms. The third-order valence-electron chi connectivity index (χ3n) is 3.23. The normalized spacial score (nSPS) is 17.5. The van der Waals surface area contributed by atoms with Crippen molar-refractivity contribution >= 4 is 23.6 Å². The van der Waals surface area contributed by atoms with E-state index >= 15 is 0 Å². The molecule has 2 rings (SSSR count). The lowest BCUT2D eigenvalue weighted by atomic mass is 9.98. The largest absolute Gasteiger partial charge is 0.368 e. The number of hydrogen-bond acceptors (Lipinski definition) is 6. The van der Waals surface area contributed by atoms with E-state index in [2.05, 4.69) is 21.6 Å². The van der Waals surface area contributed by atoms with Gasteiger partial charge in [-0.25, -0.2) is 0 Å². The molecule has 1 aromatic rings. The maximum absolute atomic E-state index is 11.9. The summed E-state index contributed by atoms with van der Waals surface area (Å²) >= 11 is 1.25. The van der Waals surface area contributed by atoms with Crippen molar-refractivity contribution in [3.63, 3.8) is 0 Å². The molecule has 1 fully saturated rings. The van der Waals surface area contributed by atoms with E-state index < -0.39 is 5.54 Å². The van der Waals surface area contributed by atoms with Crippen LogP contribution < -0.4 is 11.1 Å². The number of nitriles is 1. The van der Waals surface area contributed by atoms with E-state index in [-0.39, 0.29) is 17.6 Å². The quantitative estimate of drug-likeness (QED) is 0.751.